The number of carbonyl (C=O) groups is 1. The Morgan fingerprint density at radius 3 is 2.57 bits per heavy atom. The van der Waals surface area contributed by atoms with Crippen LogP contribution in [0.15, 0.2) is 16.5 Å². The number of hydrogen-bond acceptors (Lipinski definition) is 4. The number of hydrogen-bond donors (Lipinski definition) is 2. The van der Waals surface area contributed by atoms with E-state index in [1.807, 2.05) is 32.9 Å². The minimum atomic E-state index is -0.178. The first-order valence-electron chi connectivity index (χ1n) is 7.82. The number of amides is 1. The molecule has 1 aliphatic heterocycles. The summed E-state index contributed by atoms with van der Waals surface area (Å²) in [7, 11) is 0. The molecule has 0 saturated carbocycles. The molecule has 1 aliphatic rings. The van der Waals surface area contributed by atoms with Gasteiger partial charge >= 0.3 is 0 Å². The van der Waals surface area contributed by atoms with Gasteiger partial charge in [0.05, 0.1) is 6.04 Å². The summed E-state index contributed by atoms with van der Waals surface area (Å²) in [6.07, 6.45) is 2.42. The molecule has 21 heavy (non-hydrogen) atoms. The van der Waals surface area contributed by atoms with Crippen LogP contribution in [0.1, 0.15) is 44.3 Å². The second-order valence-electron chi connectivity index (χ2n) is 6.10. The highest BCUT2D eigenvalue weighted by molar-refractivity contribution is 5.78. The zero-order valence-corrected chi connectivity index (χ0v) is 13.3. The number of nitrogens with one attached hydrogen (secondary N) is 1. The van der Waals surface area contributed by atoms with Crippen LogP contribution in [-0.4, -0.2) is 36.5 Å². The van der Waals surface area contributed by atoms with Crippen LogP contribution in [0.4, 0.5) is 0 Å². The monoisotopic (exact) mass is 293 g/mol. The summed E-state index contributed by atoms with van der Waals surface area (Å²) >= 11 is 0. The molecule has 3 unspecified atom stereocenters. The maximum absolute atomic E-state index is 12.1. The Kier molecular flexibility index (Phi) is 5.42. The Labute approximate surface area is 126 Å². The van der Waals surface area contributed by atoms with Gasteiger partial charge in [-0.1, -0.05) is 6.92 Å². The number of nitrogens with zero attached hydrogens (tertiary/aromatic N) is 1. The van der Waals surface area contributed by atoms with Gasteiger partial charge in [-0.3, -0.25) is 9.69 Å². The van der Waals surface area contributed by atoms with E-state index in [0.717, 1.165) is 24.6 Å². The Morgan fingerprint density at radius 2 is 2.05 bits per heavy atom. The molecule has 1 amide bonds. The van der Waals surface area contributed by atoms with Crippen LogP contribution >= 0.6 is 0 Å². The third-order valence-corrected chi connectivity index (χ3v) is 4.34. The summed E-state index contributed by atoms with van der Waals surface area (Å²) in [5, 5.41) is 3.03. The fourth-order valence-corrected chi connectivity index (χ4v) is 2.69. The van der Waals surface area contributed by atoms with E-state index in [1.54, 1.807) is 0 Å². The van der Waals surface area contributed by atoms with Crippen LogP contribution in [0.25, 0.3) is 0 Å². The number of rotatable bonds is 6. The minimum absolute atomic E-state index is 0.0116. The van der Waals surface area contributed by atoms with Crippen molar-refractivity contribution in [1.29, 1.82) is 0 Å². The van der Waals surface area contributed by atoms with Gasteiger partial charge in [-0.05, 0) is 51.9 Å². The molecule has 5 nitrogen and oxygen atoms in total. The van der Waals surface area contributed by atoms with Crippen molar-refractivity contribution in [2.75, 3.05) is 19.6 Å². The molecule has 1 fully saturated rings. The topological polar surface area (TPSA) is 71.5 Å². The van der Waals surface area contributed by atoms with Crippen LogP contribution < -0.4 is 11.1 Å². The highest BCUT2D eigenvalue weighted by Crippen LogP contribution is 2.26. The number of furan rings is 1. The third kappa shape index (κ3) is 4.08. The molecular weight excluding hydrogens is 266 g/mol. The average molecular weight is 293 g/mol. The molecule has 1 aromatic rings. The Balaban J connectivity index is 2.01. The Bertz CT molecular complexity index is 464. The number of aryl methyl sites for hydroxylation is 1. The average Bonchev–Trinajstić information content (AvgIpc) is 3.10. The van der Waals surface area contributed by atoms with Gasteiger partial charge in [0.1, 0.15) is 11.5 Å². The molecule has 0 spiro atoms. The van der Waals surface area contributed by atoms with E-state index >= 15 is 0 Å². The highest BCUT2D eigenvalue weighted by atomic mass is 16.3. The van der Waals surface area contributed by atoms with E-state index in [0.29, 0.717) is 6.54 Å². The maximum atomic E-state index is 12.1. The molecule has 0 aromatic carbocycles. The normalized spacial score (nSPS) is 20.2. The first-order valence-corrected chi connectivity index (χ1v) is 7.82. The molecule has 2 heterocycles. The first-order chi connectivity index (χ1) is 9.99. The smallest absolute Gasteiger partial charge is 0.224 e. The van der Waals surface area contributed by atoms with E-state index in [9.17, 15) is 4.79 Å². The summed E-state index contributed by atoms with van der Waals surface area (Å²) in [5.74, 6) is 1.67. The van der Waals surface area contributed by atoms with Crippen molar-refractivity contribution >= 4 is 5.91 Å². The van der Waals surface area contributed by atoms with Crippen molar-refractivity contribution in [2.45, 2.75) is 45.7 Å². The van der Waals surface area contributed by atoms with Crippen LogP contribution in [0.2, 0.25) is 0 Å². The van der Waals surface area contributed by atoms with E-state index in [4.69, 9.17) is 10.2 Å². The van der Waals surface area contributed by atoms with E-state index in [2.05, 4.69) is 10.2 Å². The lowest BCUT2D eigenvalue weighted by Crippen LogP contribution is -2.42. The molecule has 0 aliphatic carbocycles. The van der Waals surface area contributed by atoms with Crippen molar-refractivity contribution in [3.8, 4) is 0 Å². The molecule has 118 valence electrons. The maximum Gasteiger partial charge on any atom is 0.224 e. The lowest BCUT2D eigenvalue weighted by atomic mass is 10.0. The van der Waals surface area contributed by atoms with E-state index < -0.39 is 0 Å². The second-order valence-corrected chi connectivity index (χ2v) is 6.10. The van der Waals surface area contributed by atoms with Gasteiger partial charge in [0.25, 0.3) is 0 Å². The first kappa shape index (κ1) is 16.0. The number of carbonyl (C=O) groups excluding carboxylic acids is 1. The quantitative estimate of drug-likeness (QED) is 0.839. The summed E-state index contributed by atoms with van der Waals surface area (Å²) < 4.78 is 5.78. The molecule has 1 aromatic heterocycles. The van der Waals surface area contributed by atoms with Crippen molar-refractivity contribution < 1.29 is 9.21 Å². The third-order valence-electron chi connectivity index (χ3n) is 4.34. The standard InChI is InChI=1S/C16H27N3O2/c1-11-6-7-15(21-11)14(19-8-4-5-9-19)10-18-16(20)12(2)13(3)17/h6-7,12-14H,4-5,8-10,17H2,1-3H3,(H,18,20). The lowest BCUT2D eigenvalue weighted by Gasteiger charge is -2.27. The predicted molar refractivity (Wildman–Crippen MR) is 82.8 cm³/mol. The molecule has 3 atom stereocenters. The van der Waals surface area contributed by atoms with Crippen molar-refractivity contribution in [2.24, 2.45) is 11.7 Å². The van der Waals surface area contributed by atoms with Crippen LogP contribution in [0, 0.1) is 12.8 Å². The lowest BCUT2D eigenvalue weighted by molar-refractivity contribution is -0.125. The van der Waals surface area contributed by atoms with Crippen molar-refractivity contribution in [1.82, 2.24) is 10.2 Å². The molecule has 0 bridgehead atoms. The Morgan fingerprint density at radius 1 is 1.38 bits per heavy atom. The van der Waals surface area contributed by atoms with E-state index in [-0.39, 0.29) is 23.9 Å². The van der Waals surface area contributed by atoms with Crippen LogP contribution in [0.5, 0.6) is 0 Å². The second kappa shape index (κ2) is 7.09. The van der Waals surface area contributed by atoms with Gasteiger partial charge in [-0.25, -0.2) is 0 Å². The number of nitrogens with two attached hydrogens (primary N) is 1. The van der Waals surface area contributed by atoms with E-state index in [1.165, 1.54) is 12.8 Å². The minimum Gasteiger partial charge on any atom is -0.465 e. The molecule has 1 saturated heterocycles. The predicted octanol–water partition coefficient (Wildman–Crippen LogP) is 1.82. The number of likely N-dealkylation sites (tertiary alicyclic amines) is 1. The zero-order chi connectivity index (χ0) is 15.4. The summed E-state index contributed by atoms with van der Waals surface area (Å²) in [6.45, 7) is 8.36. The van der Waals surface area contributed by atoms with Crippen LogP contribution in [0.3, 0.4) is 0 Å². The molecule has 2 rings (SSSR count). The molecule has 5 heteroatoms. The molecular formula is C16H27N3O2. The van der Waals surface area contributed by atoms with Gasteiger partial charge in [0.15, 0.2) is 0 Å². The Hall–Kier alpha value is -1.33. The van der Waals surface area contributed by atoms with Crippen LogP contribution in [-0.2, 0) is 4.79 Å². The largest absolute Gasteiger partial charge is 0.465 e. The highest BCUT2D eigenvalue weighted by Gasteiger charge is 2.27. The van der Waals surface area contributed by atoms with Crippen molar-refractivity contribution in [3.05, 3.63) is 23.7 Å². The zero-order valence-electron chi connectivity index (χ0n) is 13.3. The van der Waals surface area contributed by atoms with Gasteiger partial charge in [0, 0.05) is 18.5 Å². The van der Waals surface area contributed by atoms with Gasteiger partial charge in [0.2, 0.25) is 5.91 Å². The van der Waals surface area contributed by atoms with Gasteiger partial charge in [-0.2, -0.15) is 0 Å². The SMILES string of the molecule is Cc1ccc(C(CNC(=O)C(C)C(C)N)N2CCCC2)o1. The van der Waals surface area contributed by atoms with Crippen molar-refractivity contribution in [3.63, 3.8) is 0 Å². The molecule has 3 N–H and O–H groups in total. The fraction of sp³-hybridized carbons (Fsp3) is 0.688. The summed E-state index contributed by atoms with van der Waals surface area (Å²) in [5.41, 5.74) is 5.79. The summed E-state index contributed by atoms with van der Waals surface area (Å²) in [6, 6.07) is 3.97. The summed E-state index contributed by atoms with van der Waals surface area (Å²) in [4.78, 5) is 14.5. The van der Waals surface area contributed by atoms with Gasteiger partial charge in [-0.15, -0.1) is 0 Å². The van der Waals surface area contributed by atoms with Gasteiger partial charge < -0.3 is 15.5 Å². The fourth-order valence-electron chi connectivity index (χ4n) is 2.69. The molecule has 0 radical (unpaired) electrons.